The molecule has 0 aromatic heterocycles. The van der Waals surface area contributed by atoms with Crippen LogP contribution in [0.2, 0.25) is 0 Å². The van der Waals surface area contributed by atoms with Gasteiger partial charge >= 0.3 is 0 Å². The maximum Gasteiger partial charge on any atom is 0.255 e. The van der Waals surface area contributed by atoms with Crippen LogP contribution in [0.4, 0.5) is 5.69 Å². The Balaban J connectivity index is 1.68. The fourth-order valence-electron chi connectivity index (χ4n) is 3.31. The molecule has 0 unspecified atom stereocenters. The summed E-state index contributed by atoms with van der Waals surface area (Å²) in [4.78, 5) is 24.5. The highest BCUT2D eigenvalue weighted by Crippen LogP contribution is 2.13. The largest absolute Gasteiger partial charge is 0.494 e. The summed E-state index contributed by atoms with van der Waals surface area (Å²) in [5.74, 6) is 0.343. The number of nitrogens with one attached hydrogen (secondary N) is 1. The van der Waals surface area contributed by atoms with Crippen LogP contribution < -0.4 is 15.5 Å². The predicted octanol–water partition coefficient (Wildman–Crippen LogP) is 6.60. The minimum Gasteiger partial charge on any atom is -0.494 e. The Morgan fingerprint density at radius 3 is 2.03 bits per heavy atom. The molecule has 0 bridgehead atoms. The van der Waals surface area contributed by atoms with E-state index in [1.165, 1.54) is 63.9 Å². The maximum atomic E-state index is 12.3. The van der Waals surface area contributed by atoms with Crippen molar-refractivity contribution in [3.8, 4) is 5.75 Å². The standard InChI is InChI=1S/C26H35NO3/c1-2-3-4-5-6-7-8-9-10-14-21-30-23-17-19-24(25(28)20-18-23)27-26(29)22-15-12-11-13-16-22/h11-13,15-20H,2-10,14,21H2,1H3,(H,27,28,29). The van der Waals surface area contributed by atoms with E-state index in [1.54, 1.807) is 42.5 Å². The van der Waals surface area contributed by atoms with Crippen LogP contribution in [0.5, 0.6) is 5.75 Å². The van der Waals surface area contributed by atoms with Gasteiger partial charge in [-0.25, -0.2) is 0 Å². The van der Waals surface area contributed by atoms with Crippen LogP contribution in [-0.2, 0) is 0 Å². The van der Waals surface area contributed by atoms with Crippen LogP contribution in [0.1, 0.15) is 81.5 Å². The third-order valence-electron chi connectivity index (χ3n) is 5.13. The molecule has 1 N–H and O–H groups in total. The van der Waals surface area contributed by atoms with Gasteiger partial charge in [-0.2, -0.15) is 0 Å². The maximum absolute atomic E-state index is 12.3. The van der Waals surface area contributed by atoms with E-state index in [2.05, 4.69) is 12.2 Å². The zero-order chi connectivity index (χ0) is 21.4. The van der Waals surface area contributed by atoms with Gasteiger partial charge in [-0.1, -0.05) is 82.9 Å². The third kappa shape index (κ3) is 9.25. The molecule has 162 valence electrons. The molecule has 0 aliphatic carbocycles. The number of rotatable bonds is 14. The number of unbranched alkanes of at least 4 members (excludes halogenated alkanes) is 9. The van der Waals surface area contributed by atoms with Gasteiger partial charge in [0, 0.05) is 5.56 Å². The number of carbonyl (C=O) groups excluding carboxylic acids is 1. The number of anilines is 1. The van der Waals surface area contributed by atoms with E-state index >= 15 is 0 Å². The van der Waals surface area contributed by atoms with Crippen molar-refractivity contribution in [1.82, 2.24) is 0 Å². The van der Waals surface area contributed by atoms with Gasteiger partial charge in [0.1, 0.15) is 5.75 Å². The molecular formula is C26H35NO3. The molecule has 0 saturated carbocycles. The highest BCUT2D eigenvalue weighted by atomic mass is 16.5. The lowest BCUT2D eigenvalue weighted by atomic mass is 10.1. The van der Waals surface area contributed by atoms with Crippen LogP contribution in [-0.4, -0.2) is 12.5 Å². The second-order valence-corrected chi connectivity index (χ2v) is 7.70. The summed E-state index contributed by atoms with van der Waals surface area (Å²) in [7, 11) is 0. The van der Waals surface area contributed by atoms with E-state index in [4.69, 9.17) is 4.74 Å². The highest BCUT2D eigenvalue weighted by Gasteiger charge is 2.07. The Morgan fingerprint density at radius 2 is 1.37 bits per heavy atom. The minimum atomic E-state index is -0.299. The van der Waals surface area contributed by atoms with Gasteiger partial charge in [-0.15, -0.1) is 0 Å². The molecule has 2 aromatic rings. The molecule has 1 amide bonds. The zero-order valence-electron chi connectivity index (χ0n) is 18.2. The molecule has 2 rings (SSSR count). The Morgan fingerprint density at radius 1 is 0.767 bits per heavy atom. The molecular weight excluding hydrogens is 374 g/mol. The van der Waals surface area contributed by atoms with Gasteiger partial charge in [-0.3, -0.25) is 9.59 Å². The fourth-order valence-corrected chi connectivity index (χ4v) is 3.31. The number of hydrogen-bond donors (Lipinski definition) is 1. The summed E-state index contributed by atoms with van der Waals surface area (Å²) in [6, 6.07) is 15.3. The first kappa shape index (κ1) is 23.7. The summed E-state index contributed by atoms with van der Waals surface area (Å²) in [5.41, 5.74) is 0.520. The van der Waals surface area contributed by atoms with E-state index in [1.807, 2.05) is 6.07 Å². The van der Waals surface area contributed by atoms with Crippen LogP contribution >= 0.6 is 0 Å². The lowest BCUT2D eigenvalue weighted by Gasteiger charge is -2.05. The van der Waals surface area contributed by atoms with Crippen molar-refractivity contribution in [1.29, 1.82) is 0 Å². The van der Waals surface area contributed by atoms with E-state index in [0.717, 1.165) is 6.42 Å². The van der Waals surface area contributed by atoms with Crippen molar-refractivity contribution >= 4 is 11.6 Å². The third-order valence-corrected chi connectivity index (χ3v) is 5.13. The summed E-state index contributed by atoms with van der Waals surface area (Å²) in [6.07, 6.45) is 12.8. The van der Waals surface area contributed by atoms with Gasteiger partial charge in [0.2, 0.25) is 5.43 Å². The average Bonchev–Trinajstić information content (AvgIpc) is 2.94. The Bertz CT molecular complexity index is 805. The SMILES string of the molecule is CCCCCCCCCCCCOc1ccc(NC(=O)c2ccccc2)c(=O)cc1. The second kappa shape index (κ2) is 14.4. The van der Waals surface area contributed by atoms with Crippen LogP contribution in [0.15, 0.2) is 59.4 Å². The van der Waals surface area contributed by atoms with Crippen molar-refractivity contribution < 1.29 is 9.53 Å². The Hall–Kier alpha value is -2.62. The number of hydrogen-bond acceptors (Lipinski definition) is 3. The summed E-state index contributed by atoms with van der Waals surface area (Å²) >= 11 is 0. The molecule has 2 aromatic carbocycles. The van der Waals surface area contributed by atoms with Crippen LogP contribution in [0, 0.1) is 0 Å². The van der Waals surface area contributed by atoms with E-state index in [9.17, 15) is 9.59 Å². The highest BCUT2D eigenvalue weighted by molar-refractivity contribution is 6.04. The monoisotopic (exact) mass is 409 g/mol. The second-order valence-electron chi connectivity index (χ2n) is 7.70. The molecule has 0 heterocycles. The average molecular weight is 410 g/mol. The van der Waals surface area contributed by atoms with Crippen molar-refractivity contribution in [2.75, 3.05) is 11.9 Å². The van der Waals surface area contributed by atoms with Crippen molar-refractivity contribution in [2.45, 2.75) is 71.1 Å². The summed E-state index contributed by atoms with van der Waals surface area (Å²) in [5, 5.41) is 2.68. The lowest BCUT2D eigenvalue weighted by molar-refractivity contribution is 0.102. The normalized spacial score (nSPS) is 10.6. The molecule has 30 heavy (non-hydrogen) atoms. The van der Waals surface area contributed by atoms with E-state index < -0.39 is 0 Å². The first-order valence-corrected chi connectivity index (χ1v) is 11.3. The van der Waals surface area contributed by atoms with Crippen molar-refractivity contribution in [3.63, 3.8) is 0 Å². The quantitative estimate of drug-likeness (QED) is 0.358. The van der Waals surface area contributed by atoms with Gasteiger partial charge in [0.25, 0.3) is 5.91 Å². The van der Waals surface area contributed by atoms with Gasteiger partial charge in [0.15, 0.2) is 0 Å². The number of amides is 1. The number of carbonyl (C=O) groups is 1. The minimum absolute atomic E-state index is 0.243. The zero-order valence-corrected chi connectivity index (χ0v) is 18.2. The van der Waals surface area contributed by atoms with Crippen molar-refractivity contribution in [3.05, 3.63) is 70.4 Å². The molecule has 0 fully saturated rings. The topological polar surface area (TPSA) is 55.4 Å². The van der Waals surface area contributed by atoms with Crippen LogP contribution in [0.3, 0.4) is 0 Å². The first-order valence-electron chi connectivity index (χ1n) is 11.3. The lowest BCUT2D eigenvalue weighted by Crippen LogP contribution is -2.16. The van der Waals surface area contributed by atoms with E-state index in [0.29, 0.717) is 17.9 Å². The Kier molecular flexibility index (Phi) is 11.3. The molecule has 0 radical (unpaired) electrons. The summed E-state index contributed by atoms with van der Waals surface area (Å²) in [6.45, 7) is 2.89. The Labute approximate surface area is 180 Å². The fraction of sp³-hybridized carbons (Fsp3) is 0.462. The van der Waals surface area contributed by atoms with Gasteiger partial charge in [-0.05, 0) is 42.8 Å². The van der Waals surface area contributed by atoms with Gasteiger partial charge in [0.05, 0.1) is 12.3 Å². The molecule has 0 aliphatic rings. The molecule has 0 atom stereocenters. The van der Waals surface area contributed by atoms with Gasteiger partial charge < -0.3 is 10.1 Å². The molecule has 0 aliphatic heterocycles. The molecule has 4 nitrogen and oxygen atoms in total. The number of benzene rings is 1. The molecule has 4 heteroatoms. The first-order chi connectivity index (χ1) is 14.7. The summed E-state index contributed by atoms with van der Waals surface area (Å²) < 4.78 is 5.79. The predicted molar refractivity (Wildman–Crippen MR) is 124 cm³/mol. The molecule has 0 spiro atoms. The van der Waals surface area contributed by atoms with E-state index in [-0.39, 0.29) is 17.0 Å². The smallest absolute Gasteiger partial charge is 0.255 e. The van der Waals surface area contributed by atoms with Crippen LogP contribution in [0.25, 0.3) is 0 Å². The molecule has 0 saturated heterocycles. The number of ether oxygens (including phenoxy) is 1. The van der Waals surface area contributed by atoms with Crippen molar-refractivity contribution in [2.24, 2.45) is 0 Å².